The zero-order chi connectivity index (χ0) is 14.9. The Morgan fingerprint density at radius 3 is 2.45 bits per heavy atom. The predicted molar refractivity (Wildman–Crippen MR) is 86.3 cm³/mol. The van der Waals surface area contributed by atoms with Crippen LogP contribution in [-0.2, 0) is 12.0 Å². The first-order valence-electron chi connectivity index (χ1n) is 6.71. The van der Waals surface area contributed by atoms with Gasteiger partial charge in [-0.1, -0.05) is 20.8 Å². The molecule has 0 bridgehead atoms. The van der Waals surface area contributed by atoms with Crippen LogP contribution in [0.4, 0.5) is 11.6 Å². The van der Waals surface area contributed by atoms with Gasteiger partial charge < -0.3 is 11.1 Å². The van der Waals surface area contributed by atoms with E-state index in [1.807, 2.05) is 6.92 Å². The molecule has 0 spiro atoms. The summed E-state index contributed by atoms with van der Waals surface area (Å²) in [5.41, 5.74) is 6.80. The summed E-state index contributed by atoms with van der Waals surface area (Å²) in [5.74, 6) is 2.15. The third kappa shape index (κ3) is 3.28. The van der Waals surface area contributed by atoms with Gasteiger partial charge in [0.05, 0.1) is 6.54 Å². The van der Waals surface area contributed by atoms with Crippen LogP contribution in [0.1, 0.15) is 41.9 Å². The number of nitrogens with one attached hydrogen (secondary N) is 1. The van der Waals surface area contributed by atoms with Gasteiger partial charge in [0.2, 0.25) is 0 Å². The molecule has 2 aromatic rings. The fourth-order valence-corrected chi connectivity index (χ4v) is 2.62. The molecule has 108 valence electrons. The highest BCUT2D eigenvalue weighted by molar-refractivity contribution is 7.11. The Bertz CT molecular complexity index is 611. The predicted octanol–water partition coefficient (Wildman–Crippen LogP) is 3.65. The van der Waals surface area contributed by atoms with Crippen LogP contribution < -0.4 is 11.1 Å². The smallest absolute Gasteiger partial charge is 0.138 e. The first-order chi connectivity index (χ1) is 9.27. The van der Waals surface area contributed by atoms with Crippen molar-refractivity contribution in [1.82, 2.24) is 9.97 Å². The van der Waals surface area contributed by atoms with Gasteiger partial charge in [-0.05, 0) is 26.0 Å². The minimum absolute atomic E-state index is 0.113. The third-order valence-electron chi connectivity index (χ3n) is 3.08. The van der Waals surface area contributed by atoms with Gasteiger partial charge in [-0.3, -0.25) is 0 Å². The number of rotatable bonds is 3. The van der Waals surface area contributed by atoms with Crippen LogP contribution in [0.3, 0.4) is 0 Å². The molecule has 0 fully saturated rings. The van der Waals surface area contributed by atoms with Gasteiger partial charge in [0, 0.05) is 20.7 Å². The number of aromatic nitrogens is 2. The summed E-state index contributed by atoms with van der Waals surface area (Å²) in [7, 11) is 0. The fourth-order valence-electron chi connectivity index (χ4n) is 1.79. The van der Waals surface area contributed by atoms with Gasteiger partial charge in [0.1, 0.15) is 17.5 Å². The molecule has 4 nitrogen and oxygen atoms in total. The summed E-state index contributed by atoms with van der Waals surface area (Å²) in [5, 5.41) is 3.38. The van der Waals surface area contributed by atoms with Crippen LogP contribution in [0, 0.1) is 13.8 Å². The molecule has 0 radical (unpaired) electrons. The second kappa shape index (κ2) is 5.40. The quantitative estimate of drug-likeness (QED) is 0.905. The normalized spacial score (nSPS) is 11.7. The lowest BCUT2D eigenvalue weighted by atomic mass is 9.95. The van der Waals surface area contributed by atoms with E-state index >= 15 is 0 Å². The minimum Gasteiger partial charge on any atom is -0.383 e. The number of hydrogen-bond donors (Lipinski definition) is 2. The van der Waals surface area contributed by atoms with Crippen LogP contribution >= 0.6 is 11.3 Å². The van der Waals surface area contributed by atoms with Crippen molar-refractivity contribution < 1.29 is 0 Å². The summed E-state index contributed by atoms with van der Waals surface area (Å²) in [6.07, 6.45) is 0. The summed E-state index contributed by atoms with van der Waals surface area (Å²) < 4.78 is 0. The van der Waals surface area contributed by atoms with E-state index in [2.05, 4.69) is 55.1 Å². The highest BCUT2D eigenvalue weighted by Gasteiger charge is 2.20. The molecule has 0 aliphatic rings. The Kier molecular flexibility index (Phi) is 3.99. The third-order valence-corrected chi connectivity index (χ3v) is 4.08. The molecule has 3 N–H and O–H groups in total. The SMILES string of the molecule is Cc1ccc(CNc2nc(C(C)(C)C)nc(N)c2C)s1. The van der Waals surface area contributed by atoms with E-state index in [0.29, 0.717) is 5.82 Å². The van der Waals surface area contributed by atoms with Crippen LogP contribution in [0.5, 0.6) is 0 Å². The Morgan fingerprint density at radius 2 is 1.90 bits per heavy atom. The van der Waals surface area contributed by atoms with E-state index in [4.69, 9.17) is 5.73 Å². The summed E-state index contributed by atoms with van der Waals surface area (Å²) in [6, 6.07) is 4.26. The number of nitrogen functional groups attached to an aromatic ring is 1. The number of hydrogen-bond acceptors (Lipinski definition) is 5. The van der Waals surface area contributed by atoms with Crippen molar-refractivity contribution in [2.24, 2.45) is 0 Å². The summed E-state index contributed by atoms with van der Waals surface area (Å²) in [4.78, 5) is 11.6. The van der Waals surface area contributed by atoms with Crippen LogP contribution in [0.15, 0.2) is 12.1 Å². The van der Waals surface area contributed by atoms with Crippen molar-refractivity contribution in [3.05, 3.63) is 33.3 Å². The van der Waals surface area contributed by atoms with Crippen molar-refractivity contribution in [2.45, 2.75) is 46.6 Å². The molecule has 20 heavy (non-hydrogen) atoms. The van der Waals surface area contributed by atoms with E-state index < -0.39 is 0 Å². The molecular weight excluding hydrogens is 268 g/mol. The fraction of sp³-hybridized carbons (Fsp3) is 0.467. The first-order valence-corrected chi connectivity index (χ1v) is 7.53. The summed E-state index contributed by atoms with van der Waals surface area (Å²) in [6.45, 7) is 11.1. The van der Waals surface area contributed by atoms with Crippen molar-refractivity contribution in [3.63, 3.8) is 0 Å². The molecule has 0 saturated heterocycles. The molecule has 0 aliphatic carbocycles. The number of aryl methyl sites for hydroxylation is 1. The number of nitrogens with two attached hydrogens (primary N) is 1. The maximum Gasteiger partial charge on any atom is 0.138 e. The second-order valence-electron chi connectivity index (χ2n) is 6.02. The largest absolute Gasteiger partial charge is 0.383 e. The molecular formula is C15H22N4S. The van der Waals surface area contributed by atoms with Crippen molar-refractivity contribution in [1.29, 1.82) is 0 Å². The van der Waals surface area contributed by atoms with Gasteiger partial charge in [0.25, 0.3) is 0 Å². The number of thiophene rings is 1. The molecule has 2 rings (SSSR count). The zero-order valence-electron chi connectivity index (χ0n) is 12.7. The lowest BCUT2D eigenvalue weighted by molar-refractivity contribution is 0.546. The first kappa shape index (κ1) is 14.8. The standard InChI is InChI=1S/C15H22N4S/c1-9-6-7-11(20-9)8-17-13-10(2)12(16)18-14(19-13)15(3,4)5/h6-7H,8H2,1-5H3,(H3,16,17,18,19). The molecule has 0 unspecified atom stereocenters. The average molecular weight is 290 g/mol. The summed E-state index contributed by atoms with van der Waals surface area (Å²) >= 11 is 1.79. The average Bonchev–Trinajstić information content (AvgIpc) is 2.75. The lowest BCUT2D eigenvalue weighted by Crippen LogP contribution is -2.19. The van der Waals surface area contributed by atoms with Crippen LogP contribution in [-0.4, -0.2) is 9.97 Å². The van der Waals surface area contributed by atoms with Gasteiger partial charge in [-0.25, -0.2) is 9.97 Å². The molecule has 0 aliphatic heterocycles. The van der Waals surface area contributed by atoms with Crippen molar-refractivity contribution >= 4 is 23.0 Å². The van der Waals surface area contributed by atoms with E-state index in [9.17, 15) is 0 Å². The molecule has 0 amide bonds. The topological polar surface area (TPSA) is 63.8 Å². The van der Waals surface area contributed by atoms with Gasteiger partial charge >= 0.3 is 0 Å². The molecule has 0 atom stereocenters. The molecule has 2 heterocycles. The molecule has 5 heteroatoms. The highest BCUT2D eigenvalue weighted by atomic mass is 32.1. The second-order valence-corrected chi connectivity index (χ2v) is 7.39. The minimum atomic E-state index is -0.113. The Labute approximate surface area is 124 Å². The number of anilines is 2. The van der Waals surface area contributed by atoms with E-state index in [1.165, 1.54) is 9.75 Å². The lowest BCUT2D eigenvalue weighted by Gasteiger charge is -2.19. The van der Waals surface area contributed by atoms with Crippen LogP contribution in [0.2, 0.25) is 0 Å². The van der Waals surface area contributed by atoms with E-state index in [-0.39, 0.29) is 5.41 Å². The maximum atomic E-state index is 6.00. The van der Waals surface area contributed by atoms with E-state index in [1.54, 1.807) is 11.3 Å². The molecule has 0 aromatic carbocycles. The maximum absolute atomic E-state index is 6.00. The molecule has 2 aromatic heterocycles. The van der Waals surface area contributed by atoms with Crippen molar-refractivity contribution in [2.75, 3.05) is 11.1 Å². The van der Waals surface area contributed by atoms with Crippen LogP contribution in [0.25, 0.3) is 0 Å². The van der Waals surface area contributed by atoms with Gasteiger partial charge in [-0.2, -0.15) is 0 Å². The zero-order valence-corrected chi connectivity index (χ0v) is 13.6. The molecule has 0 saturated carbocycles. The van der Waals surface area contributed by atoms with Gasteiger partial charge in [0.15, 0.2) is 0 Å². The monoisotopic (exact) mass is 290 g/mol. The highest BCUT2D eigenvalue weighted by Crippen LogP contribution is 2.25. The van der Waals surface area contributed by atoms with E-state index in [0.717, 1.165) is 23.8 Å². The van der Waals surface area contributed by atoms with Crippen molar-refractivity contribution in [3.8, 4) is 0 Å². The number of nitrogens with zero attached hydrogens (tertiary/aromatic N) is 2. The Balaban J connectivity index is 2.24. The Morgan fingerprint density at radius 1 is 1.20 bits per heavy atom. The van der Waals surface area contributed by atoms with Gasteiger partial charge in [-0.15, -0.1) is 11.3 Å². The Hall–Kier alpha value is -1.62.